The van der Waals surface area contributed by atoms with Crippen molar-refractivity contribution in [2.75, 3.05) is 5.32 Å². The van der Waals surface area contributed by atoms with E-state index in [1.165, 1.54) is 11.1 Å². The van der Waals surface area contributed by atoms with Gasteiger partial charge in [0.1, 0.15) is 5.65 Å². The fraction of sp³-hybridized carbons (Fsp3) is 0.0476. The van der Waals surface area contributed by atoms with Gasteiger partial charge in [0, 0.05) is 18.9 Å². The van der Waals surface area contributed by atoms with Gasteiger partial charge in [0.05, 0.1) is 5.69 Å². The first kappa shape index (κ1) is 15.9. The second kappa shape index (κ2) is 7.11. The summed E-state index contributed by atoms with van der Waals surface area (Å²) < 4.78 is 6.93. The van der Waals surface area contributed by atoms with Crippen LogP contribution < -0.4 is 10.1 Å². The normalized spacial score (nSPS) is 10.6. The van der Waals surface area contributed by atoms with Crippen LogP contribution in [0.1, 0.15) is 5.56 Å². The highest BCUT2D eigenvalue weighted by atomic mass is 16.5. The number of aromatic nitrogens is 2. The van der Waals surface area contributed by atoms with Crippen LogP contribution in [0, 0.1) is 0 Å². The molecule has 0 amide bonds. The SMILES string of the molecule is O=COc1c(NCc2ccccc2-c2ccccc2)ccc2nccn12. The van der Waals surface area contributed by atoms with E-state index in [0.717, 1.165) is 16.9 Å². The zero-order chi connectivity index (χ0) is 17.8. The molecule has 2 aromatic carbocycles. The third kappa shape index (κ3) is 3.02. The number of carbonyl (C=O) groups is 1. The van der Waals surface area contributed by atoms with E-state index in [1.54, 1.807) is 16.8 Å². The number of ether oxygens (including phenoxy) is 1. The summed E-state index contributed by atoms with van der Waals surface area (Å²) in [7, 11) is 0. The average Bonchev–Trinajstić information content (AvgIpc) is 3.17. The lowest BCUT2D eigenvalue weighted by Crippen LogP contribution is -2.06. The number of benzene rings is 2. The van der Waals surface area contributed by atoms with Gasteiger partial charge in [-0.25, -0.2) is 4.98 Å². The average molecular weight is 343 g/mol. The summed E-state index contributed by atoms with van der Waals surface area (Å²) in [5.74, 6) is 0.423. The third-order valence-electron chi connectivity index (χ3n) is 4.25. The Balaban J connectivity index is 1.65. The molecule has 0 saturated carbocycles. The van der Waals surface area contributed by atoms with Crippen LogP contribution >= 0.6 is 0 Å². The highest BCUT2D eigenvalue weighted by molar-refractivity contribution is 5.68. The fourth-order valence-electron chi connectivity index (χ4n) is 3.03. The van der Waals surface area contributed by atoms with Gasteiger partial charge in [0.25, 0.3) is 6.47 Å². The topological polar surface area (TPSA) is 55.6 Å². The smallest absolute Gasteiger partial charge is 0.299 e. The van der Waals surface area contributed by atoms with Gasteiger partial charge in [-0.05, 0) is 28.8 Å². The van der Waals surface area contributed by atoms with Gasteiger partial charge in [-0.3, -0.25) is 9.20 Å². The van der Waals surface area contributed by atoms with E-state index < -0.39 is 0 Å². The first-order valence-corrected chi connectivity index (χ1v) is 8.30. The Bertz CT molecular complexity index is 1040. The van der Waals surface area contributed by atoms with Crippen LogP contribution in [-0.4, -0.2) is 15.9 Å². The van der Waals surface area contributed by atoms with Crippen LogP contribution in [0.3, 0.4) is 0 Å². The van der Waals surface area contributed by atoms with Crippen LogP contribution in [0.15, 0.2) is 79.1 Å². The van der Waals surface area contributed by atoms with E-state index in [4.69, 9.17) is 4.74 Å². The van der Waals surface area contributed by atoms with Gasteiger partial charge in [0.2, 0.25) is 5.88 Å². The standard InChI is InChI=1S/C21H17N3O2/c25-15-26-21-19(10-11-20-22-12-13-24(20)21)23-14-17-8-4-5-9-18(17)16-6-2-1-3-7-16/h1-13,15,23H,14H2. The Kier molecular flexibility index (Phi) is 4.35. The molecule has 128 valence electrons. The zero-order valence-corrected chi connectivity index (χ0v) is 14.0. The van der Waals surface area contributed by atoms with Crippen LogP contribution in [0.5, 0.6) is 5.88 Å². The highest BCUT2D eigenvalue weighted by Crippen LogP contribution is 2.28. The summed E-state index contributed by atoms with van der Waals surface area (Å²) in [5.41, 5.74) is 4.94. The maximum atomic E-state index is 10.9. The molecule has 0 aliphatic heterocycles. The molecule has 2 heterocycles. The van der Waals surface area contributed by atoms with Crippen LogP contribution in [-0.2, 0) is 11.3 Å². The van der Waals surface area contributed by atoms with Crippen molar-refractivity contribution >= 4 is 17.8 Å². The van der Waals surface area contributed by atoms with Crippen molar-refractivity contribution < 1.29 is 9.53 Å². The minimum absolute atomic E-state index is 0.423. The van der Waals surface area contributed by atoms with Crippen molar-refractivity contribution in [1.29, 1.82) is 0 Å². The van der Waals surface area contributed by atoms with Crippen LogP contribution in [0.4, 0.5) is 5.69 Å². The van der Waals surface area contributed by atoms with E-state index in [9.17, 15) is 4.79 Å². The van der Waals surface area contributed by atoms with E-state index in [-0.39, 0.29) is 0 Å². The van der Waals surface area contributed by atoms with Crippen molar-refractivity contribution in [2.24, 2.45) is 0 Å². The predicted octanol–water partition coefficient (Wildman–Crippen LogP) is 4.15. The lowest BCUT2D eigenvalue weighted by Gasteiger charge is -2.14. The summed E-state index contributed by atoms with van der Waals surface area (Å²) in [6.45, 7) is 1.03. The van der Waals surface area contributed by atoms with Crippen molar-refractivity contribution in [2.45, 2.75) is 6.54 Å². The molecule has 1 N–H and O–H groups in total. The van der Waals surface area contributed by atoms with E-state index in [0.29, 0.717) is 18.9 Å². The molecule has 0 atom stereocenters. The zero-order valence-electron chi connectivity index (χ0n) is 14.0. The Morgan fingerprint density at radius 3 is 2.65 bits per heavy atom. The number of nitrogens with zero attached hydrogens (tertiary/aromatic N) is 2. The molecule has 5 heteroatoms. The molecule has 2 aromatic heterocycles. The number of rotatable bonds is 6. The van der Waals surface area contributed by atoms with Crippen molar-refractivity contribution in [3.05, 3.63) is 84.7 Å². The number of anilines is 1. The number of carbonyl (C=O) groups excluding carboxylic acids is 1. The third-order valence-corrected chi connectivity index (χ3v) is 4.25. The maximum absolute atomic E-state index is 10.9. The fourth-order valence-corrected chi connectivity index (χ4v) is 3.03. The van der Waals surface area contributed by atoms with E-state index >= 15 is 0 Å². The molecule has 0 bridgehead atoms. The van der Waals surface area contributed by atoms with Gasteiger partial charge in [-0.15, -0.1) is 0 Å². The number of pyridine rings is 1. The van der Waals surface area contributed by atoms with E-state index in [1.807, 2.05) is 42.5 Å². The molecule has 5 nitrogen and oxygen atoms in total. The maximum Gasteiger partial charge on any atom is 0.299 e. The molecule has 26 heavy (non-hydrogen) atoms. The first-order valence-electron chi connectivity index (χ1n) is 8.30. The molecule has 4 aromatic rings. The second-order valence-corrected chi connectivity index (χ2v) is 5.80. The predicted molar refractivity (Wildman–Crippen MR) is 101 cm³/mol. The van der Waals surface area contributed by atoms with E-state index in [2.05, 4.69) is 34.6 Å². The molecule has 0 fully saturated rings. The number of fused-ring (bicyclic) bond motifs is 1. The number of hydrogen-bond donors (Lipinski definition) is 1. The summed E-state index contributed by atoms with van der Waals surface area (Å²) >= 11 is 0. The van der Waals surface area contributed by atoms with Gasteiger partial charge in [-0.1, -0.05) is 54.6 Å². The molecule has 0 aliphatic rings. The van der Waals surface area contributed by atoms with Crippen molar-refractivity contribution in [1.82, 2.24) is 9.38 Å². The largest absolute Gasteiger partial charge is 0.409 e. The summed E-state index contributed by atoms with van der Waals surface area (Å²) in [5, 5.41) is 3.37. The molecule has 0 aliphatic carbocycles. The minimum Gasteiger partial charge on any atom is -0.409 e. The van der Waals surface area contributed by atoms with Crippen LogP contribution in [0.25, 0.3) is 16.8 Å². The van der Waals surface area contributed by atoms with Crippen LogP contribution in [0.2, 0.25) is 0 Å². The molecule has 0 spiro atoms. The molecular formula is C21H17N3O2. The molecule has 4 rings (SSSR count). The number of nitrogens with one attached hydrogen (secondary N) is 1. The van der Waals surface area contributed by atoms with Gasteiger partial charge in [-0.2, -0.15) is 0 Å². The van der Waals surface area contributed by atoms with Gasteiger partial charge >= 0.3 is 0 Å². The minimum atomic E-state index is 0.423. The summed E-state index contributed by atoms with van der Waals surface area (Å²) in [6, 6.07) is 22.2. The Morgan fingerprint density at radius 2 is 1.81 bits per heavy atom. The molecule has 0 saturated heterocycles. The Labute approximate surface area is 150 Å². The molecule has 0 radical (unpaired) electrons. The summed E-state index contributed by atoms with van der Waals surface area (Å²) in [6.07, 6.45) is 3.43. The lowest BCUT2D eigenvalue weighted by molar-refractivity contribution is -0.120. The molecule has 0 unspecified atom stereocenters. The first-order chi connectivity index (χ1) is 12.9. The second-order valence-electron chi connectivity index (χ2n) is 5.80. The van der Waals surface area contributed by atoms with Gasteiger partial charge < -0.3 is 10.1 Å². The molecular weight excluding hydrogens is 326 g/mol. The summed E-state index contributed by atoms with van der Waals surface area (Å²) in [4.78, 5) is 15.1. The van der Waals surface area contributed by atoms with Gasteiger partial charge in [0.15, 0.2) is 0 Å². The van der Waals surface area contributed by atoms with Crippen molar-refractivity contribution in [3.8, 4) is 17.0 Å². The lowest BCUT2D eigenvalue weighted by atomic mass is 10.00. The Morgan fingerprint density at radius 1 is 1.00 bits per heavy atom. The number of hydrogen-bond acceptors (Lipinski definition) is 4. The highest BCUT2D eigenvalue weighted by Gasteiger charge is 2.11. The Hall–Kier alpha value is -3.60. The quantitative estimate of drug-likeness (QED) is 0.534. The number of imidazole rings is 1. The van der Waals surface area contributed by atoms with Crippen molar-refractivity contribution in [3.63, 3.8) is 0 Å². The monoisotopic (exact) mass is 343 g/mol.